The predicted octanol–water partition coefficient (Wildman–Crippen LogP) is 0.475. The van der Waals surface area contributed by atoms with Crippen LogP contribution < -0.4 is 0 Å². The smallest absolute Gasteiger partial charge is 0.211 e. The highest BCUT2D eigenvalue weighted by atomic mass is 16.1. The lowest BCUT2D eigenvalue weighted by Crippen LogP contribution is -1.84. The van der Waals surface area contributed by atoms with Crippen molar-refractivity contribution < 1.29 is 4.79 Å². The first-order valence-electron chi connectivity index (χ1n) is 2.87. The second-order valence-corrected chi connectivity index (χ2v) is 1.95. The zero-order valence-electron chi connectivity index (χ0n) is 5.11. The van der Waals surface area contributed by atoms with E-state index in [0.29, 0.717) is 11.5 Å². The summed E-state index contributed by atoms with van der Waals surface area (Å²) in [4.78, 5) is 17.1. The molecular formula is C6H5N3O. The molecule has 2 aromatic heterocycles. The molecule has 50 valence electrons. The van der Waals surface area contributed by atoms with Crippen molar-refractivity contribution in [3.8, 4) is 0 Å². The van der Waals surface area contributed by atoms with Gasteiger partial charge in [-0.15, -0.1) is 0 Å². The van der Waals surface area contributed by atoms with Gasteiger partial charge in [0.15, 0.2) is 6.29 Å². The largest absolute Gasteiger partial charge is 0.330 e. The molecule has 2 heterocycles. The molecule has 0 aliphatic rings. The number of aromatic amines is 1. The fraction of sp³-hybridized carbons (Fsp3) is 0. The molecule has 0 aromatic carbocycles. The number of rotatable bonds is 1. The molecular weight excluding hydrogens is 130 g/mol. The Hall–Kier alpha value is -1.58. The number of H-pyrrole nitrogens is 1. The van der Waals surface area contributed by atoms with E-state index in [1.54, 1.807) is 16.8 Å². The third-order valence-electron chi connectivity index (χ3n) is 1.38. The van der Waals surface area contributed by atoms with Gasteiger partial charge in [0.2, 0.25) is 5.78 Å². The van der Waals surface area contributed by atoms with Gasteiger partial charge < -0.3 is 4.98 Å². The van der Waals surface area contributed by atoms with Gasteiger partial charge in [0, 0.05) is 12.4 Å². The van der Waals surface area contributed by atoms with E-state index in [1.165, 1.54) is 6.20 Å². The van der Waals surface area contributed by atoms with Gasteiger partial charge in [-0.1, -0.05) is 0 Å². The molecule has 2 aromatic rings. The molecule has 0 unspecified atom stereocenters. The summed E-state index contributed by atoms with van der Waals surface area (Å²) in [6, 6.07) is 0. The third-order valence-corrected chi connectivity index (χ3v) is 1.38. The molecule has 0 spiro atoms. The number of nitrogens with one attached hydrogen (secondary N) is 1. The number of imidazole rings is 2. The Morgan fingerprint density at radius 3 is 3.40 bits per heavy atom. The van der Waals surface area contributed by atoms with E-state index in [-0.39, 0.29) is 0 Å². The summed E-state index contributed by atoms with van der Waals surface area (Å²) in [5.74, 6) is 0.696. The first kappa shape index (κ1) is 5.22. The second kappa shape index (κ2) is 1.70. The molecule has 0 radical (unpaired) electrons. The summed E-state index contributed by atoms with van der Waals surface area (Å²) in [5.41, 5.74) is 0.566. The zero-order valence-corrected chi connectivity index (χ0v) is 5.11. The molecule has 0 atom stereocenters. The van der Waals surface area contributed by atoms with Crippen molar-refractivity contribution in [3.05, 3.63) is 24.3 Å². The number of carbonyl (C=O) groups is 1. The van der Waals surface area contributed by atoms with Gasteiger partial charge in [0.1, 0.15) is 5.69 Å². The lowest BCUT2D eigenvalue weighted by Gasteiger charge is -1.80. The third kappa shape index (κ3) is 0.500. The van der Waals surface area contributed by atoms with Gasteiger partial charge in [-0.25, -0.2) is 4.98 Å². The Kier molecular flexibility index (Phi) is 0.887. The maximum absolute atomic E-state index is 10.3. The first-order valence-corrected chi connectivity index (χ1v) is 2.87. The van der Waals surface area contributed by atoms with Crippen LogP contribution in [0.2, 0.25) is 0 Å². The molecule has 0 saturated heterocycles. The fourth-order valence-electron chi connectivity index (χ4n) is 0.911. The van der Waals surface area contributed by atoms with Gasteiger partial charge in [0.05, 0.1) is 6.20 Å². The van der Waals surface area contributed by atoms with Crippen LogP contribution in [0.15, 0.2) is 18.6 Å². The van der Waals surface area contributed by atoms with Gasteiger partial charge in [-0.05, 0) is 0 Å². The highest BCUT2D eigenvalue weighted by Crippen LogP contribution is 2.00. The van der Waals surface area contributed by atoms with Crippen LogP contribution in [0.25, 0.3) is 5.78 Å². The van der Waals surface area contributed by atoms with Gasteiger partial charge in [-0.3, -0.25) is 9.20 Å². The fourth-order valence-corrected chi connectivity index (χ4v) is 0.911. The lowest BCUT2D eigenvalue weighted by molar-refractivity contribution is 0.111. The van der Waals surface area contributed by atoms with Crippen LogP contribution in [0.5, 0.6) is 0 Å². The van der Waals surface area contributed by atoms with Crippen LogP contribution >= 0.6 is 0 Å². The quantitative estimate of drug-likeness (QED) is 0.578. The van der Waals surface area contributed by atoms with E-state index in [4.69, 9.17) is 0 Å². The highest BCUT2D eigenvalue weighted by molar-refractivity contribution is 5.73. The van der Waals surface area contributed by atoms with E-state index < -0.39 is 0 Å². The number of nitrogens with zero attached hydrogens (tertiary/aromatic N) is 2. The van der Waals surface area contributed by atoms with Crippen LogP contribution in [0.3, 0.4) is 0 Å². The van der Waals surface area contributed by atoms with Crippen LogP contribution in [0.4, 0.5) is 0 Å². The molecule has 1 N–H and O–H groups in total. The summed E-state index contributed by atoms with van der Waals surface area (Å²) in [5, 5.41) is 0. The van der Waals surface area contributed by atoms with E-state index in [9.17, 15) is 4.79 Å². The number of carbonyl (C=O) groups excluding carboxylic acids is 1. The van der Waals surface area contributed by atoms with Crippen LogP contribution in [-0.2, 0) is 0 Å². The summed E-state index contributed by atoms with van der Waals surface area (Å²) in [6.45, 7) is 0. The Balaban J connectivity index is 2.88. The molecule has 4 heteroatoms. The zero-order chi connectivity index (χ0) is 6.97. The Labute approximate surface area is 56.5 Å². The molecule has 0 bridgehead atoms. The van der Waals surface area contributed by atoms with Gasteiger partial charge in [-0.2, -0.15) is 0 Å². The summed E-state index contributed by atoms with van der Waals surface area (Å²) < 4.78 is 1.69. The van der Waals surface area contributed by atoms with Crippen molar-refractivity contribution in [2.45, 2.75) is 0 Å². The van der Waals surface area contributed by atoms with Crippen LogP contribution in [0.1, 0.15) is 10.5 Å². The summed E-state index contributed by atoms with van der Waals surface area (Å²) in [7, 11) is 0. The van der Waals surface area contributed by atoms with Crippen molar-refractivity contribution in [1.29, 1.82) is 0 Å². The standard InChI is InChI=1S/C6H5N3O/c10-4-5-3-8-6-7-1-2-9(5)6/h1-4H,(H,7,8). The number of hydrogen-bond acceptors (Lipinski definition) is 2. The average molecular weight is 135 g/mol. The topological polar surface area (TPSA) is 50.2 Å². The van der Waals surface area contributed by atoms with Crippen molar-refractivity contribution in [3.63, 3.8) is 0 Å². The van der Waals surface area contributed by atoms with Crippen LogP contribution in [-0.4, -0.2) is 20.7 Å². The van der Waals surface area contributed by atoms with E-state index in [2.05, 4.69) is 9.97 Å². The van der Waals surface area contributed by atoms with Crippen molar-refractivity contribution >= 4 is 12.1 Å². The lowest BCUT2D eigenvalue weighted by atomic mass is 10.5. The molecule has 0 aliphatic carbocycles. The van der Waals surface area contributed by atoms with E-state index >= 15 is 0 Å². The normalized spacial score (nSPS) is 10.4. The Bertz CT molecular complexity index is 360. The number of aromatic nitrogens is 3. The molecule has 0 aliphatic heterocycles. The summed E-state index contributed by atoms with van der Waals surface area (Å²) >= 11 is 0. The van der Waals surface area contributed by atoms with Crippen molar-refractivity contribution in [2.75, 3.05) is 0 Å². The SMILES string of the molecule is O=Cc1cnc2[nH]ccn12. The van der Waals surface area contributed by atoms with Crippen molar-refractivity contribution in [1.82, 2.24) is 14.4 Å². The molecule has 0 amide bonds. The molecule has 4 nitrogen and oxygen atoms in total. The van der Waals surface area contributed by atoms with Gasteiger partial charge >= 0.3 is 0 Å². The minimum atomic E-state index is 0.566. The maximum atomic E-state index is 10.3. The maximum Gasteiger partial charge on any atom is 0.211 e. The molecule has 2 rings (SSSR count). The summed E-state index contributed by atoms with van der Waals surface area (Å²) in [6.07, 6.45) is 5.79. The minimum Gasteiger partial charge on any atom is -0.330 e. The monoisotopic (exact) mass is 135 g/mol. The van der Waals surface area contributed by atoms with E-state index in [1.807, 2.05) is 0 Å². The Morgan fingerprint density at radius 2 is 2.60 bits per heavy atom. The second-order valence-electron chi connectivity index (χ2n) is 1.95. The van der Waals surface area contributed by atoms with Gasteiger partial charge in [0.25, 0.3) is 0 Å². The van der Waals surface area contributed by atoms with Crippen molar-refractivity contribution in [2.24, 2.45) is 0 Å². The number of fused-ring (bicyclic) bond motifs is 1. The molecule has 0 saturated carbocycles. The van der Waals surface area contributed by atoms with E-state index in [0.717, 1.165) is 6.29 Å². The molecule has 0 fully saturated rings. The first-order chi connectivity index (χ1) is 4.92. The predicted molar refractivity (Wildman–Crippen MR) is 34.9 cm³/mol. The molecule has 10 heavy (non-hydrogen) atoms. The van der Waals surface area contributed by atoms with Crippen LogP contribution in [0, 0.1) is 0 Å². The average Bonchev–Trinajstić information content (AvgIpc) is 2.44. The number of aldehydes is 1. The minimum absolute atomic E-state index is 0.566. The Morgan fingerprint density at radius 1 is 1.70 bits per heavy atom. The number of hydrogen-bond donors (Lipinski definition) is 1. The highest BCUT2D eigenvalue weighted by Gasteiger charge is 1.99.